The van der Waals surface area contributed by atoms with Crippen LogP contribution in [0.1, 0.15) is 11.1 Å². The molecule has 0 atom stereocenters. The molecule has 0 bridgehead atoms. The fourth-order valence-electron chi connectivity index (χ4n) is 2.12. The Bertz CT molecular complexity index is 641. The minimum absolute atomic E-state index is 0.0590. The van der Waals surface area contributed by atoms with Gasteiger partial charge in [-0.3, -0.25) is 4.79 Å². The molecule has 2 aromatic carbocycles. The highest BCUT2D eigenvalue weighted by molar-refractivity contribution is 5.78. The number of carbonyl (C=O) groups is 1. The first-order chi connectivity index (χ1) is 11.7. The molecule has 2 aromatic rings. The SMILES string of the molecule is COCCNCC(=O)NCc1ccccc1Oc1ccc(C)cc1. The van der Waals surface area contributed by atoms with E-state index in [1.807, 2.05) is 55.5 Å². The Hall–Kier alpha value is -2.37. The largest absolute Gasteiger partial charge is 0.457 e. The van der Waals surface area contributed by atoms with E-state index in [2.05, 4.69) is 10.6 Å². The van der Waals surface area contributed by atoms with Gasteiger partial charge in [-0.1, -0.05) is 35.9 Å². The third kappa shape index (κ3) is 6.02. The fourth-order valence-corrected chi connectivity index (χ4v) is 2.12. The van der Waals surface area contributed by atoms with E-state index in [-0.39, 0.29) is 12.5 Å². The molecule has 0 spiro atoms. The molecule has 0 aliphatic heterocycles. The molecule has 24 heavy (non-hydrogen) atoms. The van der Waals surface area contributed by atoms with Crippen molar-refractivity contribution in [1.82, 2.24) is 10.6 Å². The van der Waals surface area contributed by atoms with Crippen molar-refractivity contribution >= 4 is 5.91 Å². The van der Waals surface area contributed by atoms with Gasteiger partial charge in [0.1, 0.15) is 11.5 Å². The Labute approximate surface area is 143 Å². The molecule has 0 radical (unpaired) electrons. The van der Waals surface area contributed by atoms with Crippen LogP contribution in [-0.2, 0) is 16.1 Å². The van der Waals surface area contributed by atoms with Crippen LogP contribution in [0.2, 0.25) is 0 Å². The second-order valence-corrected chi connectivity index (χ2v) is 5.47. The number of carbonyl (C=O) groups excluding carboxylic acids is 1. The van der Waals surface area contributed by atoms with E-state index in [4.69, 9.17) is 9.47 Å². The van der Waals surface area contributed by atoms with Crippen molar-refractivity contribution in [2.75, 3.05) is 26.8 Å². The first-order valence-corrected chi connectivity index (χ1v) is 7.98. The summed E-state index contributed by atoms with van der Waals surface area (Å²) in [5.74, 6) is 1.46. The molecule has 0 heterocycles. The Morgan fingerprint density at radius 2 is 1.83 bits per heavy atom. The van der Waals surface area contributed by atoms with Crippen molar-refractivity contribution in [3.8, 4) is 11.5 Å². The van der Waals surface area contributed by atoms with Crippen molar-refractivity contribution < 1.29 is 14.3 Å². The maximum absolute atomic E-state index is 11.8. The molecule has 5 heteroatoms. The Balaban J connectivity index is 1.89. The van der Waals surface area contributed by atoms with Gasteiger partial charge in [0.25, 0.3) is 0 Å². The predicted molar refractivity (Wildman–Crippen MR) is 94.3 cm³/mol. The topological polar surface area (TPSA) is 59.6 Å². The van der Waals surface area contributed by atoms with E-state index >= 15 is 0 Å². The third-order valence-electron chi connectivity index (χ3n) is 3.47. The molecule has 0 unspecified atom stereocenters. The van der Waals surface area contributed by atoms with E-state index in [9.17, 15) is 4.79 Å². The summed E-state index contributed by atoms with van der Waals surface area (Å²) < 4.78 is 10.8. The van der Waals surface area contributed by atoms with Crippen LogP contribution >= 0.6 is 0 Å². The van der Waals surface area contributed by atoms with Crippen LogP contribution in [0.25, 0.3) is 0 Å². The van der Waals surface area contributed by atoms with Gasteiger partial charge in [0.15, 0.2) is 0 Å². The number of benzene rings is 2. The second kappa shape index (κ2) is 9.70. The molecule has 1 amide bonds. The van der Waals surface area contributed by atoms with Crippen LogP contribution in [0.4, 0.5) is 0 Å². The van der Waals surface area contributed by atoms with Gasteiger partial charge in [-0.25, -0.2) is 0 Å². The zero-order valence-corrected chi connectivity index (χ0v) is 14.2. The Kier molecular flexibility index (Phi) is 7.26. The van der Waals surface area contributed by atoms with Crippen molar-refractivity contribution in [3.05, 3.63) is 59.7 Å². The van der Waals surface area contributed by atoms with E-state index in [1.165, 1.54) is 5.56 Å². The number of hydrogen-bond donors (Lipinski definition) is 2. The summed E-state index contributed by atoms with van der Waals surface area (Å²) in [6.07, 6.45) is 0. The lowest BCUT2D eigenvalue weighted by Crippen LogP contribution is -2.34. The van der Waals surface area contributed by atoms with Gasteiger partial charge in [0.05, 0.1) is 13.2 Å². The van der Waals surface area contributed by atoms with Crippen molar-refractivity contribution in [2.24, 2.45) is 0 Å². The summed E-state index contributed by atoms with van der Waals surface area (Å²) in [6, 6.07) is 15.6. The normalized spacial score (nSPS) is 10.4. The summed E-state index contributed by atoms with van der Waals surface area (Å²) in [5, 5.41) is 5.90. The lowest BCUT2D eigenvalue weighted by atomic mass is 10.2. The van der Waals surface area contributed by atoms with E-state index in [1.54, 1.807) is 7.11 Å². The van der Waals surface area contributed by atoms with Crippen LogP contribution in [0.3, 0.4) is 0 Å². The number of nitrogens with one attached hydrogen (secondary N) is 2. The summed E-state index contributed by atoms with van der Waals surface area (Å²) >= 11 is 0. The lowest BCUT2D eigenvalue weighted by molar-refractivity contribution is -0.120. The smallest absolute Gasteiger partial charge is 0.234 e. The van der Waals surface area contributed by atoms with Gasteiger partial charge in [-0.05, 0) is 25.1 Å². The first-order valence-electron chi connectivity index (χ1n) is 7.98. The molecule has 0 aromatic heterocycles. The quantitative estimate of drug-likeness (QED) is 0.695. The van der Waals surface area contributed by atoms with E-state index < -0.39 is 0 Å². The first kappa shape index (κ1) is 18.0. The number of hydrogen-bond acceptors (Lipinski definition) is 4. The fraction of sp³-hybridized carbons (Fsp3) is 0.316. The van der Waals surface area contributed by atoms with Crippen LogP contribution in [0.5, 0.6) is 11.5 Å². The van der Waals surface area contributed by atoms with Gasteiger partial charge < -0.3 is 20.1 Å². The minimum Gasteiger partial charge on any atom is -0.457 e. The second-order valence-electron chi connectivity index (χ2n) is 5.47. The van der Waals surface area contributed by atoms with Gasteiger partial charge >= 0.3 is 0 Å². The van der Waals surface area contributed by atoms with Crippen molar-refractivity contribution in [2.45, 2.75) is 13.5 Å². The number of rotatable bonds is 9. The maximum Gasteiger partial charge on any atom is 0.234 e. The summed E-state index contributed by atoms with van der Waals surface area (Å²) in [6.45, 7) is 3.96. The zero-order valence-electron chi connectivity index (χ0n) is 14.2. The highest BCUT2D eigenvalue weighted by atomic mass is 16.5. The number of amides is 1. The standard InChI is InChI=1S/C19H24N2O3/c1-15-7-9-17(10-8-15)24-18-6-4-3-5-16(18)13-21-19(22)14-20-11-12-23-2/h3-10,20H,11-14H2,1-2H3,(H,21,22). The number of para-hydroxylation sites is 1. The molecule has 2 N–H and O–H groups in total. The van der Waals surface area contributed by atoms with Crippen molar-refractivity contribution in [1.29, 1.82) is 0 Å². The molecule has 2 rings (SSSR count). The maximum atomic E-state index is 11.8. The van der Waals surface area contributed by atoms with Gasteiger partial charge in [-0.2, -0.15) is 0 Å². The molecular weight excluding hydrogens is 304 g/mol. The highest BCUT2D eigenvalue weighted by Crippen LogP contribution is 2.25. The molecule has 0 saturated carbocycles. The van der Waals surface area contributed by atoms with E-state index in [0.29, 0.717) is 19.7 Å². The monoisotopic (exact) mass is 328 g/mol. The molecule has 0 saturated heterocycles. The van der Waals surface area contributed by atoms with Gasteiger partial charge in [0, 0.05) is 25.8 Å². The van der Waals surface area contributed by atoms with Gasteiger partial charge in [-0.15, -0.1) is 0 Å². The van der Waals surface area contributed by atoms with Crippen LogP contribution in [-0.4, -0.2) is 32.7 Å². The zero-order chi connectivity index (χ0) is 17.2. The Morgan fingerprint density at radius 3 is 2.58 bits per heavy atom. The predicted octanol–water partition coefficient (Wildman–Crippen LogP) is 2.64. The highest BCUT2D eigenvalue weighted by Gasteiger charge is 2.06. The van der Waals surface area contributed by atoms with E-state index in [0.717, 1.165) is 17.1 Å². The summed E-state index contributed by atoms with van der Waals surface area (Å²) in [5.41, 5.74) is 2.12. The lowest BCUT2D eigenvalue weighted by Gasteiger charge is -2.12. The summed E-state index contributed by atoms with van der Waals surface area (Å²) in [7, 11) is 1.63. The third-order valence-corrected chi connectivity index (χ3v) is 3.47. The molecule has 0 aliphatic rings. The average molecular weight is 328 g/mol. The minimum atomic E-state index is -0.0590. The molecular formula is C19H24N2O3. The summed E-state index contributed by atoms with van der Waals surface area (Å²) in [4.78, 5) is 11.8. The van der Waals surface area contributed by atoms with Crippen LogP contribution in [0, 0.1) is 6.92 Å². The van der Waals surface area contributed by atoms with Crippen LogP contribution < -0.4 is 15.4 Å². The number of methoxy groups -OCH3 is 1. The average Bonchev–Trinajstić information content (AvgIpc) is 2.60. The Morgan fingerprint density at radius 1 is 1.08 bits per heavy atom. The van der Waals surface area contributed by atoms with Crippen LogP contribution in [0.15, 0.2) is 48.5 Å². The molecule has 0 aliphatic carbocycles. The number of ether oxygens (including phenoxy) is 2. The molecule has 0 fully saturated rings. The van der Waals surface area contributed by atoms with Gasteiger partial charge in [0.2, 0.25) is 5.91 Å². The molecule has 5 nitrogen and oxygen atoms in total. The molecule has 128 valence electrons. The van der Waals surface area contributed by atoms with Crippen molar-refractivity contribution in [3.63, 3.8) is 0 Å². The number of aryl methyl sites for hydroxylation is 1.